The van der Waals surface area contributed by atoms with Crippen LogP contribution in [0.4, 0.5) is 0 Å². The van der Waals surface area contributed by atoms with Crippen molar-refractivity contribution in [2.45, 2.75) is 45.3 Å². The van der Waals surface area contributed by atoms with Gasteiger partial charge in [0.1, 0.15) is 0 Å². The fourth-order valence-electron chi connectivity index (χ4n) is 2.76. The Morgan fingerprint density at radius 2 is 1.87 bits per heavy atom. The fraction of sp³-hybridized carbons (Fsp3) is 0.611. The minimum atomic E-state index is -0.449. The number of rotatable bonds is 6. The molecule has 0 unspecified atom stereocenters. The van der Waals surface area contributed by atoms with Gasteiger partial charge < -0.3 is 15.4 Å². The smallest absolute Gasteiger partial charge is 0.239 e. The first-order chi connectivity index (χ1) is 10.6. The zero-order chi connectivity index (χ0) is 15.9. The molecule has 0 aromatic heterocycles. The van der Waals surface area contributed by atoms with E-state index in [2.05, 4.69) is 13.8 Å². The Bertz CT molecular complexity index is 459. The summed E-state index contributed by atoms with van der Waals surface area (Å²) >= 11 is 0. The molecule has 5 heteroatoms. The van der Waals surface area contributed by atoms with E-state index in [9.17, 15) is 4.79 Å². The van der Waals surface area contributed by atoms with Gasteiger partial charge >= 0.3 is 0 Å². The highest BCUT2D eigenvalue weighted by molar-refractivity contribution is 5.85. The summed E-state index contributed by atoms with van der Waals surface area (Å²) in [7, 11) is 0. The highest BCUT2D eigenvalue weighted by atomic mass is 35.5. The highest BCUT2D eigenvalue weighted by Gasteiger charge is 2.26. The van der Waals surface area contributed by atoms with E-state index in [1.54, 1.807) is 0 Å². The molecule has 2 rings (SSSR count). The molecular formula is C18H29ClN2O2. The predicted molar refractivity (Wildman–Crippen MR) is 95.8 cm³/mol. The van der Waals surface area contributed by atoms with Crippen molar-refractivity contribution in [1.29, 1.82) is 0 Å². The third-order valence-electron chi connectivity index (χ3n) is 4.03. The highest BCUT2D eigenvalue weighted by Crippen LogP contribution is 2.16. The third kappa shape index (κ3) is 6.50. The average molecular weight is 341 g/mol. The lowest BCUT2D eigenvalue weighted by Crippen LogP contribution is -2.49. The van der Waals surface area contributed by atoms with E-state index in [0.717, 1.165) is 38.1 Å². The zero-order valence-corrected chi connectivity index (χ0v) is 14.9. The first-order valence-electron chi connectivity index (χ1n) is 8.26. The maximum Gasteiger partial charge on any atom is 0.239 e. The second kappa shape index (κ2) is 9.91. The lowest BCUT2D eigenvalue weighted by Gasteiger charge is -2.33. The van der Waals surface area contributed by atoms with Crippen LogP contribution in [0.3, 0.4) is 0 Å². The second-order valence-corrected chi connectivity index (χ2v) is 6.55. The van der Waals surface area contributed by atoms with Crippen molar-refractivity contribution in [3.05, 3.63) is 35.9 Å². The molecule has 4 nitrogen and oxygen atoms in total. The topological polar surface area (TPSA) is 55.6 Å². The Morgan fingerprint density at radius 1 is 1.26 bits per heavy atom. The molecule has 1 amide bonds. The summed E-state index contributed by atoms with van der Waals surface area (Å²) in [4.78, 5) is 14.3. The Labute approximate surface area is 145 Å². The van der Waals surface area contributed by atoms with Gasteiger partial charge in [0.15, 0.2) is 0 Å². The van der Waals surface area contributed by atoms with Gasteiger partial charge in [-0.15, -0.1) is 12.4 Å². The van der Waals surface area contributed by atoms with Crippen LogP contribution in [0.1, 0.15) is 32.3 Å². The van der Waals surface area contributed by atoms with Crippen LogP contribution in [0.2, 0.25) is 0 Å². The van der Waals surface area contributed by atoms with E-state index < -0.39 is 6.04 Å². The van der Waals surface area contributed by atoms with Crippen LogP contribution in [0.15, 0.2) is 30.3 Å². The first-order valence-corrected chi connectivity index (χ1v) is 8.26. The molecule has 23 heavy (non-hydrogen) atoms. The van der Waals surface area contributed by atoms with E-state index in [-0.39, 0.29) is 24.4 Å². The van der Waals surface area contributed by atoms with Crippen LogP contribution in [-0.4, -0.2) is 42.6 Å². The van der Waals surface area contributed by atoms with Crippen molar-refractivity contribution in [3.8, 4) is 0 Å². The molecule has 2 N–H and O–H groups in total. The van der Waals surface area contributed by atoms with Gasteiger partial charge in [0.2, 0.25) is 5.91 Å². The van der Waals surface area contributed by atoms with Crippen LogP contribution in [-0.2, 0) is 16.0 Å². The average Bonchev–Trinajstić information content (AvgIpc) is 2.53. The molecule has 130 valence electrons. The quantitative estimate of drug-likeness (QED) is 0.866. The van der Waals surface area contributed by atoms with Crippen LogP contribution in [0, 0.1) is 5.92 Å². The number of likely N-dealkylation sites (tertiary alicyclic amines) is 1. The number of amides is 1. The molecule has 0 aliphatic carbocycles. The van der Waals surface area contributed by atoms with Crippen molar-refractivity contribution in [2.75, 3.05) is 19.7 Å². The number of hydrogen-bond donors (Lipinski definition) is 1. The van der Waals surface area contributed by atoms with Gasteiger partial charge in [-0.3, -0.25) is 4.79 Å². The van der Waals surface area contributed by atoms with Crippen molar-refractivity contribution >= 4 is 18.3 Å². The molecule has 0 bridgehead atoms. The van der Waals surface area contributed by atoms with Gasteiger partial charge in [-0.05, 0) is 30.7 Å². The third-order valence-corrected chi connectivity index (χ3v) is 4.03. The molecular weight excluding hydrogens is 312 g/mol. The Balaban J connectivity index is 0.00000264. The number of nitrogens with zero attached hydrogens (tertiary/aromatic N) is 1. The number of hydrogen-bond acceptors (Lipinski definition) is 3. The fourth-order valence-corrected chi connectivity index (χ4v) is 2.76. The molecule has 1 aromatic rings. The molecule has 0 spiro atoms. The summed E-state index contributed by atoms with van der Waals surface area (Å²) in [6.45, 7) is 6.61. The molecule has 1 aromatic carbocycles. The van der Waals surface area contributed by atoms with E-state index in [4.69, 9.17) is 10.5 Å². The number of carbonyl (C=O) groups excluding carboxylic acids is 1. The molecule has 1 fully saturated rings. The molecule has 1 saturated heterocycles. The zero-order valence-electron chi connectivity index (χ0n) is 14.1. The van der Waals surface area contributed by atoms with Gasteiger partial charge in [-0.2, -0.15) is 0 Å². The summed E-state index contributed by atoms with van der Waals surface area (Å²) < 4.78 is 5.86. The minimum absolute atomic E-state index is 0. The van der Waals surface area contributed by atoms with Crippen LogP contribution < -0.4 is 5.73 Å². The minimum Gasteiger partial charge on any atom is -0.378 e. The van der Waals surface area contributed by atoms with E-state index in [1.807, 2.05) is 35.2 Å². The SMILES string of the molecule is CC(C)COC1CCN(C(=O)[C@@H](N)Cc2ccccc2)CC1.Cl. The number of piperidine rings is 1. The van der Waals surface area contributed by atoms with Gasteiger partial charge in [-0.1, -0.05) is 44.2 Å². The number of nitrogens with two attached hydrogens (primary N) is 1. The predicted octanol–water partition coefficient (Wildman–Crippen LogP) is 2.64. The summed E-state index contributed by atoms with van der Waals surface area (Å²) in [6, 6.07) is 9.50. The first kappa shape index (κ1) is 19.9. The molecule has 1 aliphatic rings. The Kier molecular flexibility index (Phi) is 8.59. The normalized spacial score (nSPS) is 17.0. The lowest BCUT2D eigenvalue weighted by atomic mass is 10.0. The largest absolute Gasteiger partial charge is 0.378 e. The molecule has 1 atom stereocenters. The summed E-state index contributed by atoms with van der Waals surface area (Å²) in [5.74, 6) is 0.616. The number of carbonyl (C=O) groups is 1. The summed E-state index contributed by atoms with van der Waals surface area (Å²) in [5, 5.41) is 0. The van der Waals surface area contributed by atoms with Crippen molar-refractivity contribution in [3.63, 3.8) is 0 Å². The molecule has 0 saturated carbocycles. The van der Waals surface area contributed by atoms with Crippen molar-refractivity contribution in [2.24, 2.45) is 11.7 Å². The van der Waals surface area contributed by atoms with Crippen LogP contribution >= 0.6 is 12.4 Å². The summed E-state index contributed by atoms with van der Waals surface area (Å²) in [6.07, 6.45) is 2.72. The number of benzene rings is 1. The number of halogens is 1. The standard InChI is InChI=1S/C18H28N2O2.ClH/c1-14(2)13-22-16-8-10-20(11-9-16)18(21)17(19)12-15-6-4-3-5-7-15;/h3-7,14,16-17H,8-13,19H2,1-2H3;1H/t17-;/m0./s1. The molecule has 1 aliphatic heterocycles. The molecule has 1 heterocycles. The lowest BCUT2D eigenvalue weighted by molar-refractivity contribution is -0.135. The maximum atomic E-state index is 12.4. The van der Waals surface area contributed by atoms with Crippen molar-refractivity contribution < 1.29 is 9.53 Å². The molecule has 0 radical (unpaired) electrons. The van der Waals surface area contributed by atoms with E-state index in [0.29, 0.717) is 12.3 Å². The van der Waals surface area contributed by atoms with Gasteiger partial charge in [0.05, 0.1) is 12.1 Å². The van der Waals surface area contributed by atoms with E-state index >= 15 is 0 Å². The van der Waals surface area contributed by atoms with Gasteiger partial charge in [0, 0.05) is 19.7 Å². The monoisotopic (exact) mass is 340 g/mol. The van der Waals surface area contributed by atoms with Crippen LogP contribution in [0.5, 0.6) is 0 Å². The van der Waals surface area contributed by atoms with Gasteiger partial charge in [-0.25, -0.2) is 0 Å². The second-order valence-electron chi connectivity index (χ2n) is 6.55. The Hall–Kier alpha value is -1.10. The maximum absolute atomic E-state index is 12.4. The van der Waals surface area contributed by atoms with Crippen molar-refractivity contribution in [1.82, 2.24) is 4.90 Å². The number of ether oxygens (including phenoxy) is 1. The Morgan fingerprint density at radius 3 is 2.43 bits per heavy atom. The van der Waals surface area contributed by atoms with Gasteiger partial charge in [0.25, 0.3) is 0 Å². The van der Waals surface area contributed by atoms with Crippen LogP contribution in [0.25, 0.3) is 0 Å². The van der Waals surface area contributed by atoms with E-state index in [1.165, 1.54) is 0 Å². The summed E-state index contributed by atoms with van der Waals surface area (Å²) in [5.41, 5.74) is 7.20.